The Morgan fingerprint density at radius 3 is 2.45 bits per heavy atom. The van der Waals surface area contributed by atoms with Gasteiger partial charge in [-0.25, -0.2) is 9.18 Å². The third-order valence-corrected chi connectivity index (χ3v) is 7.41. The molecular formula is C33H28FNO5. The Morgan fingerprint density at radius 2 is 1.73 bits per heavy atom. The number of carbonyl (C=O) groups is 1. The number of nitro benzene ring substituents is 1. The maximum atomic E-state index is 13.4. The lowest BCUT2D eigenvalue weighted by Gasteiger charge is -2.33. The number of ether oxygens (including phenoxy) is 1. The van der Waals surface area contributed by atoms with Crippen LogP contribution < -0.4 is 4.74 Å². The largest absolute Gasteiger partial charge is 0.478 e. The van der Waals surface area contributed by atoms with Crippen molar-refractivity contribution in [3.8, 4) is 22.6 Å². The van der Waals surface area contributed by atoms with Gasteiger partial charge in [0.15, 0.2) is 0 Å². The lowest BCUT2D eigenvalue weighted by atomic mass is 9.72. The maximum Gasteiger partial charge on any atom is 0.336 e. The molecule has 0 fully saturated rings. The molecule has 7 heteroatoms. The molecule has 0 bridgehead atoms. The average molecular weight is 538 g/mol. The van der Waals surface area contributed by atoms with E-state index in [1.54, 1.807) is 48.6 Å². The van der Waals surface area contributed by atoms with Crippen LogP contribution in [0.1, 0.15) is 59.3 Å². The van der Waals surface area contributed by atoms with E-state index >= 15 is 0 Å². The molecule has 0 unspecified atom stereocenters. The van der Waals surface area contributed by atoms with Crippen LogP contribution in [-0.2, 0) is 11.8 Å². The molecule has 5 rings (SSSR count). The van der Waals surface area contributed by atoms with E-state index < -0.39 is 10.9 Å². The molecule has 0 radical (unpaired) electrons. The summed E-state index contributed by atoms with van der Waals surface area (Å²) in [5.41, 5.74) is 4.56. The smallest absolute Gasteiger partial charge is 0.336 e. The Balaban J connectivity index is 1.47. The molecule has 1 aliphatic rings. The van der Waals surface area contributed by atoms with E-state index in [1.165, 1.54) is 29.8 Å². The Bertz CT molecular complexity index is 1640. The fourth-order valence-electron chi connectivity index (χ4n) is 5.28. The van der Waals surface area contributed by atoms with Gasteiger partial charge in [0.1, 0.15) is 11.6 Å². The van der Waals surface area contributed by atoms with Crippen LogP contribution in [0.3, 0.4) is 0 Å². The second kappa shape index (κ2) is 10.8. The molecule has 40 heavy (non-hydrogen) atoms. The maximum absolute atomic E-state index is 13.4. The lowest BCUT2D eigenvalue weighted by molar-refractivity contribution is -0.385. The summed E-state index contributed by atoms with van der Waals surface area (Å²) >= 11 is 0. The first-order valence-electron chi connectivity index (χ1n) is 13.0. The van der Waals surface area contributed by atoms with Crippen molar-refractivity contribution in [3.63, 3.8) is 0 Å². The van der Waals surface area contributed by atoms with Crippen LogP contribution in [-0.4, -0.2) is 16.0 Å². The van der Waals surface area contributed by atoms with Crippen molar-refractivity contribution in [3.05, 3.63) is 123 Å². The van der Waals surface area contributed by atoms with Crippen LogP contribution in [0.4, 0.5) is 10.1 Å². The van der Waals surface area contributed by atoms with Crippen LogP contribution in [0.5, 0.6) is 11.5 Å². The SMILES string of the molecule is CC1(C)CCCc2c(Oc3ccc(/C=C/c4cc(-c5ccc(F)cc5)ccc4C(=O)O)cc3[N+](=O)[O-])cccc21. The molecule has 0 saturated heterocycles. The highest BCUT2D eigenvalue weighted by Gasteiger charge is 2.29. The Labute approximate surface area is 231 Å². The van der Waals surface area contributed by atoms with Gasteiger partial charge in [0.05, 0.1) is 10.5 Å². The predicted molar refractivity (Wildman–Crippen MR) is 153 cm³/mol. The lowest BCUT2D eigenvalue weighted by Crippen LogP contribution is -2.24. The van der Waals surface area contributed by atoms with E-state index in [0.29, 0.717) is 22.4 Å². The number of fused-ring (bicyclic) bond motifs is 1. The van der Waals surface area contributed by atoms with Gasteiger partial charge in [-0.2, -0.15) is 0 Å². The molecular weight excluding hydrogens is 509 g/mol. The van der Waals surface area contributed by atoms with Gasteiger partial charge in [-0.1, -0.05) is 62.4 Å². The highest BCUT2D eigenvalue weighted by molar-refractivity contribution is 5.94. The molecule has 0 saturated carbocycles. The molecule has 0 atom stereocenters. The Kier molecular flexibility index (Phi) is 7.22. The van der Waals surface area contributed by atoms with Crippen molar-refractivity contribution in [2.24, 2.45) is 0 Å². The topological polar surface area (TPSA) is 89.7 Å². The van der Waals surface area contributed by atoms with Gasteiger partial charge in [-0.05, 0) is 94.5 Å². The molecule has 0 heterocycles. The summed E-state index contributed by atoms with van der Waals surface area (Å²) in [5, 5.41) is 21.7. The number of nitro groups is 1. The highest BCUT2D eigenvalue weighted by atomic mass is 19.1. The molecule has 0 aliphatic heterocycles. The van der Waals surface area contributed by atoms with Crippen LogP contribution in [0.2, 0.25) is 0 Å². The van der Waals surface area contributed by atoms with E-state index in [4.69, 9.17) is 4.74 Å². The summed E-state index contributed by atoms with van der Waals surface area (Å²) in [6.07, 6.45) is 6.17. The molecule has 0 amide bonds. The molecule has 6 nitrogen and oxygen atoms in total. The van der Waals surface area contributed by atoms with Crippen molar-refractivity contribution >= 4 is 23.8 Å². The van der Waals surface area contributed by atoms with Crippen molar-refractivity contribution in [1.29, 1.82) is 0 Å². The molecule has 202 valence electrons. The minimum atomic E-state index is -1.10. The summed E-state index contributed by atoms with van der Waals surface area (Å²) in [6, 6.07) is 21.3. The summed E-state index contributed by atoms with van der Waals surface area (Å²) < 4.78 is 19.5. The second-order valence-corrected chi connectivity index (χ2v) is 10.6. The minimum Gasteiger partial charge on any atom is -0.478 e. The number of aromatic carboxylic acids is 1. The molecule has 4 aromatic carbocycles. The number of benzene rings is 4. The number of nitrogens with zero attached hydrogens (tertiary/aromatic N) is 1. The van der Waals surface area contributed by atoms with Crippen molar-refractivity contribution in [1.82, 2.24) is 0 Å². The van der Waals surface area contributed by atoms with Crippen LogP contribution in [0.25, 0.3) is 23.3 Å². The summed E-state index contributed by atoms with van der Waals surface area (Å²) in [7, 11) is 0. The van der Waals surface area contributed by atoms with Gasteiger partial charge < -0.3 is 9.84 Å². The van der Waals surface area contributed by atoms with Crippen molar-refractivity contribution in [2.45, 2.75) is 38.5 Å². The van der Waals surface area contributed by atoms with Gasteiger partial charge in [-0.3, -0.25) is 10.1 Å². The quantitative estimate of drug-likeness (QED) is 0.145. The van der Waals surface area contributed by atoms with Gasteiger partial charge in [0, 0.05) is 6.07 Å². The monoisotopic (exact) mass is 537 g/mol. The van der Waals surface area contributed by atoms with Crippen LogP contribution >= 0.6 is 0 Å². The zero-order valence-electron chi connectivity index (χ0n) is 22.2. The fraction of sp³-hybridized carbons (Fsp3) is 0.182. The third kappa shape index (κ3) is 5.50. The minimum absolute atomic E-state index is 0.0103. The number of halogens is 1. The van der Waals surface area contributed by atoms with Crippen LogP contribution in [0.15, 0.2) is 78.9 Å². The third-order valence-electron chi connectivity index (χ3n) is 7.41. The number of carboxylic acid groups (broad SMARTS) is 1. The molecule has 1 aliphatic carbocycles. The van der Waals surface area contributed by atoms with Crippen LogP contribution in [0, 0.1) is 15.9 Å². The Morgan fingerprint density at radius 1 is 0.975 bits per heavy atom. The number of hydrogen-bond acceptors (Lipinski definition) is 4. The second-order valence-electron chi connectivity index (χ2n) is 10.6. The number of rotatable bonds is 7. The first kappa shape index (κ1) is 26.8. The van der Waals surface area contributed by atoms with E-state index in [2.05, 4.69) is 19.9 Å². The number of hydrogen-bond donors (Lipinski definition) is 1. The first-order chi connectivity index (χ1) is 19.1. The van der Waals surface area contributed by atoms with E-state index in [0.717, 1.165) is 30.4 Å². The molecule has 1 N–H and O–H groups in total. The van der Waals surface area contributed by atoms with Crippen molar-refractivity contribution in [2.75, 3.05) is 0 Å². The van der Waals surface area contributed by atoms with E-state index in [-0.39, 0.29) is 28.2 Å². The molecule has 0 spiro atoms. The molecule has 4 aromatic rings. The van der Waals surface area contributed by atoms with E-state index in [9.17, 15) is 24.4 Å². The zero-order chi connectivity index (χ0) is 28.4. The molecule has 0 aromatic heterocycles. The number of carboxylic acids is 1. The standard InChI is InChI=1S/C33H28FNO5/c1-33(2)18-4-5-27-28(33)6-3-7-30(27)40-31-17-9-21(19-29(31)35(38)39)8-10-24-20-23(13-16-26(24)32(36)37)22-11-14-25(34)15-12-22/h3,6-17,19-20H,4-5,18H2,1-2H3,(H,36,37)/b10-8+. The normalized spacial score (nSPS) is 14.1. The average Bonchev–Trinajstić information content (AvgIpc) is 2.93. The fourth-order valence-corrected chi connectivity index (χ4v) is 5.28. The van der Waals surface area contributed by atoms with E-state index in [1.807, 2.05) is 12.1 Å². The summed E-state index contributed by atoms with van der Waals surface area (Å²) in [5.74, 6) is -0.700. The van der Waals surface area contributed by atoms with Gasteiger partial charge >= 0.3 is 11.7 Å². The Hall–Kier alpha value is -4.78. The first-order valence-corrected chi connectivity index (χ1v) is 13.0. The van der Waals surface area contributed by atoms with Gasteiger partial charge in [-0.15, -0.1) is 0 Å². The highest BCUT2D eigenvalue weighted by Crippen LogP contribution is 2.43. The van der Waals surface area contributed by atoms with Crippen molar-refractivity contribution < 1.29 is 24.0 Å². The summed E-state index contributed by atoms with van der Waals surface area (Å²) in [6.45, 7) is 4.40. The summed E-state index contributed by atoms with van der Waals surface area (Å²) in [4.78, 5) is 23.4. The zero-order valence-corrected chi connectivity index (χ0v) is 22.2. The predicted octanol–water partition coefficient (Wildman–Crippen LogP) is 8.68. The van der Waals surface area contributed by atoms with Gasteiger partial charge in [0.2, 0.25) is 5.75 Å². The van der Waals surface area contributed by atoms with Gasteiger partial charge in [0.25, 0.3) is 0 Å².